The van der Waals surface area contributed by atoms with Gasteiger partial charge in [0.05, 0.1) is 16.7 Å². The Hall–Kier alpha value is -1.96. The minimum atomic E-state index is 0.404. The van der Waals surface area contributed by atoms with E-state index in [1.807, 2.05) is 36.1 Å². The first-order valence-corrected chi connectivity index (χ1v) is 7.14. The molecule has 0 saturated carbocycles. The van der Waals surface area contributed by atoms with Crippen molar-refractivity contribution in [2.75, 3.05) is 18.0 Å². The SMILES string of the molecule is Cc1nnc2ccc(N3CC(n4cc(Br)cn4)C3)nn12. The van der Waals surface area contributed by atoms with E-state index in [0.717, 1.165) is 34.9 Å². The number of fused-ring (bicyclic) bond motifs is 1. The molecule has 0 unspecified atom stereocenters. The summed E-state index contributed by atoms with van der Waals surface area (Å²) < 4.78 is 4.77. The predicted octanol–water partition coefficient (Wildman–Crippen LogP) is 1.45. The van der Waals surface area contributed by atoms with Crippen LogP contribution < -0.4 is 4.90 Å². The topological polar surface area (TPSA) is 64.1 Å². The molecular weight excluding hydrogens is 322 g/mol. The average molecular weight is 334 g/mol. The molecule has 3 aromatic heterocycles. The van der Waals surface area contributed by atoms with Crippen LogP contribution in [0.2, 0.25) is 0 Å². The van der Waals surface area contributed by atoms with Crippen molar-refractivity contribution in [1.29, 1.82) is 0 Å². The lowest BCUT2D eigenvalue weighted by atomic mass is 10.1. The van der Waals surface area contributed by atoms with Gasteiger partial charge in [-0.1, -0.05) is 0 Å². The lowest BCUT2D eigenvalue weighted by molar-refractivity contribution is 0.365. The zero-order valence-corrected chi connectivity index (χ0v) is 12.4. The van der Waals surface area contributed by atoms with Crippen LogP contribution >= 0.6 is 15.9 Å². The van der Waals surface area contributed by atoms with Crippen molar-refractivity contribution < 1.29 is 0 Å². The molecule has 8 heteroatoms. The summed E-state index contributed by atoms with van der Waals surface area (Å²) in [5, 5.41) is 16.9. The van der Waals surface area contributed by atoms with Crippen molar-refractivity contribution in [3.05, 3.63) is 34.8 Å². The van der Waals surface area contributed by atoms with Gasteiger partial charge in [0.1, 0.15) is 5.82 Å². The van der Waals surface area contributed by atoms with E-state index in [4.69, 9.17) is 0 Å². The Balaban J connectivity index is 1.55. The number of rotatable bonds is 2. The molecular formula is C12H12BrN7. The Bertz CT molecular complexity index is 771. The summed E-state index contributed by atoms with van der Waals surface area (Å²) in [4.78, 5) is 2.22. The van der Waals surface area contributed by atoms with Gasteiger partial charge in [-0.25, -0.2) is 0 Å². The number of anilines is 1. The number of aryl methyl sites for hydroxylation is 1. The number of halogens is 1. The van der Waals surface area contributed by atoms with Crippen molar-refractivity contribution in [2.24, 2.45) is 0 Å². The highest BCUT2D eigenvalue weighted by molar-refractivity contribution is 9.10. The first-order valence-electron chi connectivity index (χ1n) is 6.34. The van der Waals surface area contributed by atoms with Gasteiger partial charge in [0.2, 0.25) is 0 Å². The normalized spacial score (nSPS) is 15.8. The van der Waals surface area contributed by atoms with Gasteiger partial charge in [0, 0.05) is 19.3 Å². The third kappa shape index (κ3) is 1.79. The van der Waals surface area contributed by atoms with E-state index in [2.05, 4.69) is 41.2 Å². The molecule has 7 nitrogen and oxygen atoms in total. The predicted molar refractivity (Wildman–Crippen MR) is 76.7 cm³/mol. The Morgan fingerprint density at radius 3 is 2.85 bits per heavy atom. The number of nitrogens with zero attached hydrogens (tertiary/aromatic N) is 7. The van der Waals surface area contributed by atoms with Gasteiger partial charge in [-0.05, 0) is 35.0 Å². The van der Waals surface area contributed by atoms with Crippen molar-refractivity contribution in [2.45, 2.75) is 13.0 Å². The van der Waals surface area contributed by atoms with Crippen LogP contribution in [0.25, 0.3) is 5.65 Å². The zero-order chi connectivity index (χ0) is 13.7. The van der Waals surface area contributed by atoms with E-state index in [0.29, 0.717) is 6.04 Å². The van der Waals surface area contributed by atoms with Crippen molar-refractivity contribution in [3.8, 4) is 0 Å². The summed E-state index contributed by atoms with van der Waals surface area (Å²) in [6, 6.07) is 4.33. The summed E-state index contributed by atoms with van der Waals surface area (Å²) in [5.74, 6) is 1.75. The standard InChI is InChI=1S/C12H12BrN7/c1-8-15-16-11-2-3-12(17-20(8)11)18-6-10(7-18)19-5-9(13)4-14-19/h2-5,10H,6-7H2,1H3. The molecule has 0 atom stereocenters. The van der Waals surface area contributed by atoms with E-state index in [-0.39, 0.29) is 0 Å². The van der Waals surface area contributed by atoms with E-state index < -0.39 is 0 Å². The highest BCUT2D eigenvalue weighted by Crippen LogP contribution is 2.26. The third-order valence-electron chi connectivity index (χ3n) is 3.54. The Labute approximate surface area is 123 Å². The van der Waals surface area contributed by atoms with Crippen LogP contribution in [0.15, 0.2) is 29.0 Å². The molecule has 0 amide bonds. The van der Waals surface area contributed by atoms with E-state index in [1.165, 1.54) is 0 Å². The number of hydrogen-bond donors (Lipinski definition) is 0. The van der Waals surface area contributed by atoms with Crippen LogP contribution in [0, 0.1) is 6.92 Å². The summed E-state index contributed by atoms with van der Waals surface area (Å²) in [6.07, 6.45) is 3.82. The molecule has 1 saturated heterocycles. The Morgan fingerprint density at radius 1 is 1.25 bits per heavy atom. The maximum absolute atomic E-state index is 4.57. The van der Waals surface area contributed by atoms with Gasteiger partial charge in [0.25, 0.3) is 0 Å². The van der Waals surface area contributed by atoms with Gasteiger partial charge >= 0.3 is 0 Å². The number of hydrogen-bond acceptors (Lipinski definition) is 5. The van der Waals surface area contributed by atoms with Crippen LogP contribution in [0.1, 0.15) is 11.9 Å². The molecule has 3 aromatic rings. The largest absolute Gasteiger partial charge is 0.351 e. The molecule has 0 bridgehead atoms. The second kappa shape index (κ2) is 4.27. The second-order valence-electron chi connectivity index (χ2n) is 4.91. The Kier molecular flexibility index (Phi) is 2.53. The summed E-state index contributed by atoms with van der Waals surface area (Å²) in [5.41, 5.74) is 0.777. The summed E-state index contributed by atoms with van der Waals surface area (Å²) >= 11 is 3.42. The molecule has 4 heterocycles. The van der Waals surface area contributed by atoms with Gasteiger partial charge in [-0.2, -0.15) is 9.61 Å². The van der Waals surface area contributed by atoms with Crippen LogP contribution in [0.5, 0.6) is 0 Å². The van der Waals surface area contributed by atoms with E-state index in [9.17, 15) is 0 Å². The van der Waals surface area contributed by atoms with E-state index in [1.54, 1.807) is 4.52 Å². The molecule has 20 heavy (non-hydrogen) atoms. The minimum absolute atomic E-state index is 0.404. The average Bonchev–Trinajstić information content (AvgIpc) is 2.96. The maximum atomic E-state index is 4.57. The van der Waals surface area contributed by atoms with Crippen LogP contribution in [-0.4, -0.2) is 42.7 Å². The first-order chi connectivity index (χ1) is 9.70. The molecule has 0 radical (unpaired) electrons. The van der Waals surface area contributed by atoms with Gasteiger partial charge in [-0.3, -0.25) is 4.68 Å². The monoisotopic (exact) mass is 333 g/mol. The smallest absolute Gasteiger partial charge is 0.178 e. The fraction of sp³-hybridized carbons (Fsp3) is 0.333. The van der Waals surface area contributed by atoms with Crippen molar-refractivity contribution in [1.82, 2.24) is 29.6 Å². The lowest BCUT2D eigenvalue weighted by Crippen LogP contribution is -2.48. The van der Waals surface area contributed by atoms with Crippen molar-refractivity contribution >= 4 is 27.4 Å². The summed E-state index contributed by atoms with van der Waals surface area (Å²) in [7, 11) is 0. The van der Waals surface area contributed by atoms with Crippen LogP contribution in [0.3, 0.4) is 0 Å². The molecule has 4 rings (SSSR count). The molecule has 0 spiro atoms. The molecule has 0 N–H and O–H groups in total. The van der Waals surface area contributed by atoms with Crippen molar-refractivity contribution in [3.63, 3.8) is 0 Å². The molecule has 1 aliphatic rings. The molecule has 102 valence electrons. The van der Waals surface area contributed by atoms with Crippen LogP contribution in [-0.2, 0) is 0 Å². The van der Waals surface area contributed by atoms with Gasteiger partial charge in [0.15, 0.2) is 11.5 Å². The zero-order valence-electron chi connectivity index (χ0n) is 10.8. The molecule has 1 fully saturated rings. The first kappa shape index (κ1) is 11.8. The summed E-state index contributed by atoms with van der Waals surface area (Å²) in [6.45, 7) is 3.72. The fourth-order valence-electron chi connectivity index (χ4n) is 2.38. The van der Waals surface area contributed by atoms with E-state index >= 15 is 0 Å². The highest BCUT2D eigenvalue weighted by Gasteiger charge is 2.30. The van der Waals surface area contributed by atoms with Gasteiger partial charge < -0.3 is 4.90 Å². The molecule has 0 aliphatic carbocycles. The molecule has 1 aliphatic heterocycles. The second-order valence-corrected chi connectivity index (χ2v) is 5.82. The highest BCUT2D eigenvalue weighted by atomic mass is 79.9. The lowest BCUT2D eigenvalue weighted by Gasteiger charge is -2.39. The van der Waals surface area contributed by atoms with Gasteiger partial charge in [-0.15, -0.1) is 15.3 Å². The maximum Gasteiger partial charge on any atom is 0.178 e. The molecule has 0 aromatic carbocycles. The third-order valence-corrected chi connectivity index (χ3v) is 3.94. The Morgan fingerprint density at radius 2 is 2.10 bits per heavy atom. The fourth-order valence-corrected chi connectivity index (χ4v) is 2.68. The van der Waals surface area contributed by atoms with Crippen LogP contribution in [0.4, 0.5) is 5.82 Å². The number of aromatic nitrogens is 6. The quantitative estimate of drug-likeness (QED) is 0.710. The minimum Gasteiger partial charge on any atom is -0.351 e.